The van der Waals surface area contributed by atoms with Crippen LogP contribution in [0.1, 0.15) is 17.3 Å². The van der Waals surface area contributed by atoms with Crippen LogP contribution in [0, 0.1) is 11.6 Å². The average Bonchev–Trinajstić information content (AvgIpc) is 2.96. The molecule has 0 aliphatic heterocycles. The van der Waals surface area contributed by atoms with E-state index < -0.39 is 23.0 Å². The lowest BCUT2D eigenvalue weighted by atomic mass is 10.1. The fourth-order valence-electron chi connectivity index (χ4n) is 2.35. The summed E-state index contributed by atoms with van der Waals surface area (Å²) in [7, 11) is 1.58. The predicted molar refractivity (Wildman–Crippen MR) is 80.0 cm³/mol. The number of hydrogen-bond acceptors (Lipinski definition) is 5. The summed E-state index contributed by atoms with van der Waals surface area (Å²) < 4.78 is 34.8. The van der Waals surface area contributed by atoms with Gasteiger partial charge in [-0.15, -0.1) is 0 Å². The molecule has 7 nitrogen and oxygen atoms in total. The second-order valence-corrected chi connectivity index (χ2v) is 4.93. The third-order valence-corrected chi connectivity index (χ3v) is 3.44. The summed E-state index contributed by atoms with van der Waals surface area (Å²) in [4.78, 5) is 28.5. The van der Waals surface area contributed by atoms with Crippen LogP contribution in [0.15, 0.2) is 29.5 Å². The Morgan fingerprint density at radius 3 is 2.62 bits per heavy atom. The van der Waals surface area contributed by atoms with Crippen LogP contribution < -0.4 is 5.43 Å². The molecule has 0 spiro atoms. The van der Waals surface area contributed by atoms with Gasteiger partial charge in [-0.1, -0.05) is 0 Å². The van der Waals surface area contributed by atoms with Crippen LogP contribution in [0.4, 0.5) is 8.78 Å². The number of benzene rings is 1. The van der Waals surface area contributed by atoms with Crippen molar-refractivity contribution in [3.05, 3.63) is 52.1 Å². The highest BCUT2D eigenvalue weighted by Crippen LogP contribution is 2.20. The van der Waals surface area contributed by atoms with Crippen LogP contribution in [0.25, 0.3) is 16.9 Å². The molecule has 3 rings (SSSR count). The van der Waals surface area contributed by atoms with Crippen LogP contribution in [-0.4, -0.2) is 31.9 Å². The van der Waals surface area contributed by atoms with E-state index in [1.807, 2.05) is 0 Å². The largest absolute Gasteiger partial charge is 0.462 e. The molecule has 24 heavy (non-hydrogen) atoms. The number of rotatable bonds is 3. The van der Waals surface area contributed by atoms with Gasteiger partial charge in [0.05, 0.1) is 17.5 Å². The van der Waals surface area contributed by atoms with E-state index in [0.717, 1.165) is 12.1 Å². The zero-order chi connectivity index (χ0) is 17.4. The molecule has 2 aromatic heterocycles. The predicted octanol–water partition coefficient (Wildman–Crippen LogP) is 1.57. The summed E-state index contributed by atoms with van der Waals surface area (Å²) in [5, 5.41) is 3.73. The van der Waals surface area contributed by atoms with Crippen LogP contribution in [0.2, 0.25) is 0 Å². The summed E-state index contributed by atoms with van der Waals surface area (Å²) in [6.45, 7) is 1.66. The van der Waals surface area contributed by atoms with Gasteiger partial charge >= 0.3 is 5.97 Å². The molecule has 0 radical (unpaired) electrons. The molecule has 2 heterocycles. The molecular formula is C15H12F2N4O3. The Morgan fingerprint density at radius 2 is 2.00 bits per heavy atom. The Morgan fingerprint density at radius 1 is 1.29 bits per heavy atom. The Balaban J connectivity index is 2.43. The zero-order valence-electron chi connectivity index (χ0n) is 12.8. The Bertz CT molecular complexity index is 1010. The molecule has 0 aliphatic rings. The molecule has 0 fully saturated rings. The minimum Gasteiger partial charge on any atom is -0.462 e. The van der Waals surface area contributed by atoms with Crippen molar-refractivity contribution in [3.8, 4) is 5.95 Å². The van der Waals surface area contributed by atoms with Crippen molar-refractivity contribution in [2.24, 2.45) is 7.05 Å². The van der Waals surface area contributed by atoms with Gasteiger partial charge in [0.1, 0.15) is 11.9 Å². The number of aromatic nitrogens is 4. The number of aryl methyl sites for hydroxylation is 1. The number of esters is 1. The van der Waals surface area contributed by atoms with E-state index in [0.29, 0.717) is 0 Å². The first-order valence-electron chi connectivity index (χ1n) is 7.00. The second kappa shape index (κ2) is 5.84. The Kier molecular flexibility index (Phi) is 3.84. The molecule has 3 aromatic rings. The standard InChI is InChI=1S/C15H12F2N4O3/c1-3-24-14(23)9-6-21(15-18-7-19-20(15)2)12-5-11(17)10(16)4-8(12)13(9)22/h4-7H,3H2,1-2H3. The van der Waals surface area contributed by atoms with Gasteiger partial charge in [-0.05, 0) is 13.0 Å². The third-order valence-electron chi connectivity index (χ3n) is 3.44. The van der Waals surface area contributed by atoms with Crippen molar-refractivity contribution >= 4 is 16.9 Å². The van der Waals surface area contributed by atoms with Gasteiger partial charge < -0.3 is 4.74 Å². The van der Waals surface area contributed by atoms with Crippen LogP contribution in [0.3, 0.4) is 0 Å². The lowest BCUT2D eigenvalue weighted by Gasteiger charge is -2.12. The first kappa shape index (κ1) is 15.8. The second-order valence-electron chi connectivity index (χ2n) is 4.93. The molecule has 0 saturated carbocycles. The van der Waals surface area contributed by atoms with Crippen molar-refractivity contribution < 1.29 is 18.3 Å². The Hall–Kier alpha value is -3.10. The number of nitrogens with zero attached hydrogens (tertiary/aromatic N) is 4. The SMILES string of the molecule is CCOC(=O)c1cn(-c2ncnn2C)c2cc(F)c(F)cc2c1=O. The van der Waals surface area contributed by atoms with Crippen molar-refractivity contribution in [1.82, 2.24) is 19.3 Å². The summed E-state index contributed by atoms with van der Waals surface area (Å²) in [5.41, 5.74) is -0.998. The number of ether oxygens (including phenoxy) is 1. The van der Waals surface area contributed by atoms with E-state index in [-0.39, 0.29) is 29.0 Å². The number of carbonyl (C=O) groups excluding carboxylic acids is 1. The van der Waals surface area contributed by atoms with Crippen LogP contribution in [0.5, 0.6) is 0 Å². The highest BCUT2D eigenvalue weighted by molar-refractivity contribution is 5.94. The van der Waals surface area contributed by atoms with Crippen molar-refractivity contribution in [3.63, 3.8) is 0 Å². The summed E-state index contributed by atoms with van der Waals surface area (Å²) in [6, 6.07) is 1.62. The minimum atomic E-state index is -1.19. The van der Waals surface area contributed by atoms with E-state index in [1.165, 1.54) is 21.8 Å². The van der Waals surface area contributed by atoms with Gasteiger partial charge in [-0.25, -0.2) is 18.3 Å². The summed E-state index contributed by atoms with van der Waals surface area (Å²) in [5.74, 6) is -2.95. The monoisotopic (exact) mass is 334 g/mol. The summed E-state index contributed by atoms with van der Waals surface area (Å²) >= 11 is 0. The molecule has 0 unspecified atom stereocenters. The van der Waals surface area contributed by atoms with E-state index >= 15 is 0 Å². The van der Waals surface area contributed by atoms with Crippen LogP contribution >= 0.6 is 0 Å². The molecular weight excluding hydrogens is 322 g/mol. The number of fused-ring (bicyclic) bond motifs is 1. The molecule has 0 atom stereocenters. The molecule has 0 aliphatic carbocycles. The highest BCUT2D eigenvalue weighted by Gasteiger charge is 2.20. The lowest BCUT2D eigenvalue weighted by molar-refractivity contribution is 0.0524. The smallest absolute Gasteiger partial charge is 0.343 e. The van der Waals surface area contributed by atoms with Crippen molar-refractivity contribution in [2.75, 3.05) is 6.61 Å². The first-order valence-corrected chi connectivity index (χ1v) is 7.00. The van der Waals surface area contributed by atoms with Crippen LogP contribution in [-0.2, 0) is 11.8 Å². The fourth-order valence-corrected chi connectivity index (χ4v) is 2.35. The van der Waals surface area contributed by atoms with Gasteiger partial charge in [-0.2, -0.15) is 10.1 Å². The minimum absolute atomic E-state index is 0.0584. The lowest BCUT2D eigenvalue weighted by Crippen LogP contribution is -2.22. The van der Waals surface area contributed by atoms with Gasteiger partial charge in [0, 0.05) is 19.3 Å². The molecule has 1 aromatic carbocycles. The number of pyridine rings is 1. The normalized spacial score (nSPS) is 11.0. The van der Waals surface area contributed by atoms with E-state index in [1.54, 1.807) is 14.0 Å². The third kappa shape index (κ3) is 2.43. The van der Waals surface area contributed by atoms with Gasteiger partial charge in [0.25, 0.3) is 0 Å². The van der Waals surface area contributed by atoms with Gasteiger partial charge in [-0.3, -0.25) is 9.36 Å². The molecule has 0 bridgehead atoms. The number of carbonyl (C=O) groups is 1. The maximum absolute atomic E-state index is 13.7. The first-order chi connectivity index (χ1) is 11.4. The summed E-state index contributed by atoms with van der Waals surface area (Å²) in [6.07, 6.45) is 2.44. The van der Waals surface area contributed by atoms with Crippen molar-refractivity contribution in [1.29, 1.82) is 0 Å². The molecule has 0 N–H and O–H groups in total. The van der Waals surface area contributed by atoms with E-state index in [9.17, 15) is 18.4 Å². The fraction of sp³-hybridized carbons (Fsp3) is 0.200. The topological polar surface area (TPSA) is 79.0 Å². The molecule has 0 saturated heterocycles. The van der Waals surface area contributed by atoms with E-state index in [4.69, 9.17) is 4.74 Å². The maximum Gasteiger partial charge on any atom is 0.343 e. The molecule has 124 valence electrons. The Labute approximate surface area is 134 Å². The molecule has 9 heteroatoms. The molecule has 0 amide bonds. The van der Waals surface area contributed by atoms with Gasteiger partial charge in [0.2, 0.25) is 11.4 Å². The highest BCUT2D eigenvalue weighted by atomic mass is 19.2. The van der Waals surface area contributed by atoms with Crippen molar-refractivity contribution in [2.45, 2.75) is 6.92 Å². The van der Waals surface area contributed by atoms with Gasteiger partial charge in [0.15, 0.2) is 11.6 Å². The van der Waals surface area contributed by atoms with E-state index in [2.05, 4.69) is 10.1 Å². The number of hydrogen-bond donors (Lipinski definition) is 0. The average molecular weight is 334 g/mol. The zero-order valence-corrected chi connectivity index (χ0v) is 12.8. The maximum atomic E-state index is 13.7. The number of halogens is 2. The quantitative estimate of drug-likeness (QED) is 0.680.